The average molecular weight is 586 g/mol. The highest BCUT2D eigenvalue weighted by Gasteiger charge is 2.17. The SMILES string of the molecule is N#Cc1cccc(-n2c3ccccc3c3cc(-c4cccc(-c5cccc6c7ccccc7n(-c7ccccc7)c56)c4)ccc32)c1. The van der Waals surface area contributed by atoms with Crippen LogP contribution in [0.15, 0.2) is 164 Å². The largest absolute Gasteiger partial charge is 0.309 e. The van der Waals surface area contributed by atoms with Gasteiger partial charge in [0.1, 0.15) is 0 Å². The Kier molecular flexibility index (Phi) is 5.88. The zero-order valence-corrected chi connectivity index (χ0v) is 24.9. The van der Waals surface area contributed by atoms with Gasteiger partial charge >= 0.3 is 0 Å². The van der Waals surface area contributed by atoms with Crippen LogP contribution in [-0.2, 0) is 0 Å². The summed E-state index contributed by atoms with van der Waals surface area (Å²) in [6.45, 7) is 0. The van der Waals surface area contributed by atoms with Gasteiger partial charge in [0.2, 0.25) is 0 Å². The van der Waals surface area contributed by atoms with Crippen LogP contribution >= 0.6 is 0 Å². The van der Waals surface area contributed by atoms with Crippen LogP contribution in [0.3, 0.4) is 0 Å². The predicted molar refractivity (Wildman–Crippen MR) is 191 cm³/mol. The van der Waals surface area contributed by atoms with Crippen LogP contribution < -0.4 is 0 Å². The molecule has 46 heavy (non-hydrogen) atoms. The summed E-state index contributed by atoms with van der Waals surface area (Å²) in [5, 5.41) is 14.4. The fourth-order valence-electron chi connectivity index (χ4n) is 7.11. The Morgan fingerprint density at radius 3 is 1.83 bits per heavy atom. The minimum Gasteiger partial charge on any atom is -0.309 e. The first kappa shape index (κ1) is 26.1. The molecule has 0 unspecified atom stereocenters. The van der Waals surface area contributed by atoms with Gasteiger partial charge in [-0.1, -0.05) is 103 Å². The number of nitrogens with zero attached hydrogens (tertiary/aromatic N) is 3. The second kappa shape index (κ2) is 10.4. The van der Waals surface area contributed by atoms with Crippen molar-refractivity contribution in [2.45, 2.75) is 0 Å². The number of rotatable bonds is 4. The third kappa shape index (κ3) is 3.98. The van der Waals surface area contributed by atoms with Crippen molar-refractivity contribution < 1.29 is 0 Å². The maximum atomic E-state index is 9.56. The van der Waals surface area contributed by atoms with Gasteiger partial charge in [-0.3, -0.25) is 0 Å². The smallest absolute Gasteiger partial charge is 0.0992 e. The van der Waals surface area contributed by atoms with Crippen LogP contribution in [0.2, 0.25) is 0 Å². The lowest BCUT2D eigenvalue weighted by molar-refractivity contribution is 1.18. The zero-order chi connectivity index (χ0) is 30.6. The first-order valence-corrected chi connectivity index (χ1v) is 15.5. The van der Waals surface area contributed by atoms with Crippen LogP contribution in [-0.4, -0.2) is 9.13 Å². The molecule has 0 aliphatic heterocycles. The number of para-hydroxylation sites is 4. The summed E-state index contributed by atoms with van der Waals surface area (Å²) in [7, 11) is 0. The van der Waals surface area contributed by atoms with E-state index in [-0.39, 0.29) is 0 Å². The topological polar surface area (TPSA) is 33.6 Å². The van der Waals surface area contributed by atoms with Gasteiger partial charge in [0, 0.05) is 38.5 Å². The van der Waals surface area contributed by atoms with Gasteiger partial charge in [-0.25, -0.2) is 0 Å². The normalized spacial score (nSPS) is 11.5. The summed E-state index contributed by atoms with van der Waals surface area (Å²) in [6, 6.07) is 60.2. The number of hydrogen-bond donors (Lipinski definition) is 0. The standard InChI is InChI=1S/C43H27N3/c44-28-29-11-8-16-34(25-29)45-40-21-6-5-18-37(40)39-27-31(23-24-42(39)45)30-12-9-13-32(26-30)35-19-10-20-38-36-17-4-7-22-41(36)46(43(35)38)33-14-2-1-3-15-33/h1-27H. The molecule has 0 saturated heterocycles. The number of aromatic nitrogens is 2. The Labute approximate surface area is 266 Å². The molecule has 3 heteroatoms. The molecule has 0 radical (unpaired) electrons. The molecule has 0 amide bonds. The highest BCUT2D eigenvalue weighted by molar-refractivity contribution is 6.14. The van der Waals surface area contributed by atoms with E-state index in [1.807, 2.05) is 18.2 Å². The van der Waals surface area contributed by atoms with Crippen molar-refractivity contribution in [2.24, 2.45) is 0 Å². The van der Waals surface area contributed by atoms with Crippen molar-refractivity contribution >= 4 is 43.6 Å². The van der Waals surface area contributed by atoms with Crippen LogP contribution in [0.4, 0.5) is 0 Å². The lowest BCUT2D eigenvalue weighted by Crippen LogP contribution is -1.95. The van der Waals surface area contributed by atoms with E-state index in [2.05, 4.69) is 161 Å². The molecule has 0 fully saturated rings. The van der Waals surface area contributed by atoms with Gasteiger partial charge in [0.25, 0.3) is 0 Å². The molecule has 9 aromatic rings. The monoisotopic (exact) mass is 585 g/mol. The average Bonchev–Trinajstić information content (AvgIpc) is 3.65. The molecule has 0 atom stereocenters. The summed E-state index contributed by atoms with van der Waals surface area (Å²) in [5.74, 6) is 0. The fraction of sp³-hybridized carbons (Fsp3) is 0. The van der Waals surface area contributed by atoms with Crippen molar-refractivity contribution in [3.8, 4) is 39.7 Å². The van der Waals surface area contributed by atoms with E-state index in [1.165, 1.54) is 54.8 Å². The molecule has 0 aliphatic rings. The molecule has 3 nitrogen and oxygen atoms in total. The van der Waals surface area contributed by atoms with Crippen molar-refractivity contribution in [3.63, 3.8) is 0 Å². The first-order chi connectivity index (χ1) is 22.8. The molecule has 214 valence electrons. The molecule has 0 N–H and O–H groups in total. The zero-order valence-electron chi connectivity index (χ0n) is 24.9. The van der Waals surface area contributed by atoms with Gasteiger partial charge < -0.3 is 9.13 Å². The van der Waals surface area contributed by atoms with E-state index < -0.39 is 0 Å². The van der Waals surface area contributed by atoms with Gasteiger partial charge in [-0.15, -0.1) is 0 Å². The highest BCUT2D eigenvalue weighted by atomic mass is 15.0. The molecular weight excluding hydrogens is 558 g/mol. The van der Waals surface area contributed by atoms with Crippen LogP contribution in [0.5, 0.6) is 0 Å². The van der Waals surface area contributed by atoms with E-state index in [0.717, 1.165) is 22.4 Å². The quantitative estimate of drug-likeness (QED) is 0.202. The van der Waals surface area contributed by atoms with Gasteiger partial charge in [-0.2, -0.15) is 5.26 Å². The van der Waals surface area contributed by atoms with Crippen LogP contribution in [0.25, 0.3) is 77.2 Å². The Bertz CT molecular complexity index is 2650. The molecule has 9 rings (SSSR count). The third-order valence-corrected chi connectivity index (χ3v) is 9.12. The van der Waals surface area contributed by atoms with Crippen LogP contribution in [0.1, 0.15) is 5.56 Å². The highest BCUT2D eigenvalue weighted by Crippen LogP contribution is 2.40. The van der Waals surface area contributed by atoms with Crippen molar-refractivity contribution in [1.82, 2.24) is 9.13 Å². The Balaban J connectivity index is 1.24. The summed E-state index contributed by atoms with van der Waals surface area (Å²) < 4.78 is 4.66. The molecule has 7 aromatic carbocycles. The minimum atomic E-state index is 0.651. The minimum absolute atomic E-state index is 0.651. The molecule has 0 aliphatic carbocycles. The lowest BCUT2D eigenvalue weighted by atomic mass is 9.96. The maximum absolute atomic E-state index is 9.56. The Hall–Kier alpha value is -6.37. The molecular formula is C43H27N3. The number of nitriles is 1. The summed E-state index contributed by atoms with van der Waals surface area (Å²) in [5.41, 5.74) is 12.2. The van der Waals surface area contributed by atoms with Gasteiger partial charge in [0.15, 0.2) is 0 Å². The predicted octanol–water partition coefficient (Wildman–Crippen LogP) is 11.1. The van der Waals surface area contributed by atoms with Crippen molar-refractivity contribution in [3.05, 3.63) is 169 Å². The van der Waals surface area contributed by atoms with E-state index in [9.17, 15) is 5.26 Å². The van der Waals surface area contributed by atoms with E-state index in [4.69, 9.17) is 0 Å². The Morgan fingerprint density at radius 2 is 1.00 bits per heavy atom. The molecule has 0 spiro atoms. The van der Waals surface area contributed by atoms with E-state index >= 15 is 0 Å². The van der Waals surface area contributed by atoms with Gasteiger partial charge in [0.05, 0.1) is 33.7 Å². The fourth-order valence-corrected chi connectivity index (χ4v) is 7.11. The molecule has 0 saturated carbocycles. The van der Waals surface area contributed by atoms with Crippen LogP contribution in [0, 0.1) is 11.3 Å². The summed E-state index contributed by atoms with van der Waals surface area (Å²) in [4.78, 5) is 0. The molecule has 2 aromatic heterocycles. The van der Waals surface area contributed by atoms with E-state index in [0.29, 0.717) is 5.56 Å². The lowest BCUT2D eigenvalue weighted by Gasteiger charge is -2.13. The third-order valence-electron chi connectivity index (χ3n) is 9.12. The number of hydrogen-bond acceptors (Lipinski definition) is 1. The first-order valence-electron chi connectivity index (χ1n) is 15.5. The van der Waals surface area contributed by atoms with Crippen molar-refractivity contribution in [1.29, 1.82) is 5.26 Å². The van der Waals surface area contributed by atoms with Crippen molar-refractivity contribution in [2.75, 3.05) is 0 Å². The summed E-state index contributed by atoms with van der Waals surface area (Å²) >= 11 is 0. The second-order valence-electron chi connectivity index (χ2n) is 11.7. The number of fused-ring (bicyclic) bond motifs is 6. The maximum Gasteiger partial charge on any atom is 0.0992 e. The van der Waals surface area contributed by atoms with Gasteiger partial charge in [-0.05, 0) is 77.4 Å². The molecule has 2 heterocycles. The summed E-state index contributed by atoms with van der Waals surface area (Å²) in [6.07, 6.45) is 0. The molecule has 0 bridgehead atoms. The Morgan fingerprint density at radius 1 is 0.391 bits per heavy atom. The number of benzene rings is 7. The second-order valence-corrected chi connectivity index (χ2v) is 11.7. The van der Waals surface area contributed by atoms with E-state index in [1.54, 1.807) is 0 Å².